The molecule has 0 aliphatic carbocycles. The molecule has 0 atom stereocenters. The molecule has 2 rings (SSSR count). The van der Waals surface area contributed by atoms with E-state index in [2.05, 4.69) is 5.10 Å². The molecule has 0 saturated heterocycles. The van der Waals surface area contributed by atoms with Crippen LogP contribution in [-0.2, 0) is 24.8 Å². The first-order valence-corrected chi connectivity index (χ1v) is 6.63. The van der Waals surface area contributed by atoms with Gasteiger partial charge < -0.3 is 10.5 Å². The molecule has 0 saturated carbocycles. The molecule has 20 heavy (non-hydrogen) atoms. The number of aryl methyl sites for hydroxylation is 2. The summed E-state index contributed by atoms with van der Waals surface area (Å²) in [5.74, 6) is -0.478. The number of aromatic nitrogens is 2. The lowest BCUT2D eigenvalue weighted by molar-refractivity contribution is 0.0464. The summed E-state index contributed by atoms with van der Waals surface area (Å²) in [7, 11) is 1.82. The fourth-order valence-electron chi connectivity index (χ4n) is 1.79. The van der Waals surface area contributed by atoms with Crippen LogP contribution in [0.2, 0.25) is 5.02 Å². The molecule has 0 radical (unpaired) electrons. The van der Waals surface area contributed by atoms with Crippen molar-refractivity contribution in [3.63, 3.8) is 0 Å². The second kappa shape index (κ2) is 5.96. The minimum absolute atomic E-state index is 0.156. The van der Waals surface area contributed by atoms with E-state index in [-0.39, 0.29) is 11.6 Å². The Hall–Kier alpha value is -2.01. The number of nitrogens with zero attached hydrogens (tertiary/aromatic N) is 2. The van der Waals surface area contributed by atoms with Gasteiger partial charge in [0.1, 0.15) is 6.61 Å². The highest BCUT2D eigenvalue weighted by Gasteiger charge is 2.13. The fourth-order valence-corrected chi connectivity index (χ4v) is 2.06. The summed E-state index contributed by atoms with van der Waals surface area (Å²) in [5.41, 5.74) is 8.19. The van der Waals surface area contributed by atoms with Crippen molar-refractivity contribution in [3.05, 3.63) is 46.2 Å². The molecule has 5 nitrogen and oxygen atoms in total. The van der Waals surface area contributed by atoms with Crippen molar-refractivity contribution in [3.8, 4) is 0 Å². The summed E-state index contributed by atoms with van der Waals surface area (Å²) >= 11 is 5.97. The minimum Gasteiger partial charge on any atom is -0.456 e. The molecule has 1 heterocycles. The molecule has 1 aromatic carbocycles. The zero-order valence-electron chi connectivity index (χ0n) is 11.4. The molecular formula is C14H16ClN3O2. The number of halogens is 1. The summed E-state index contributed by atoms with van der Waals surface area (Å²) in [5, 5.41) is 4.58. The molecule has 2 N–H and O–H groups in total. The Bertz CT molecular complexity index is 637. The Morgan fingerprint density at radius 1 is 1.45 bits per heavy atom. The summed E-state index contributed by atoms with van der Waals surface area (Å²) in [6.07, 6.45) is 0.839. The number of carbonyl (C=O) groups is 1. The lowest BCUT2D eigenvalue weighted by atomic mass is 10.2. The van der Waals surface area contributed by atoms with Crippen LogP contribution in [0.3, 0.4) is 0 Å². The summed E-state index contributed by atoms with van der Waals surface area (Å²) in [6.45, 7) is 2.18. The van der Waals surface area contributed by atoms with Gasteiger partial charge in [0.15, 0.2) is 0 Å². The van der Waals surface area contributed by atoms with Crippen LogP contribution < -0.4 is 5.73 Å². The number of anilines is 1. The van der Waals surface area contributed by atoms with Crippen molar-refractivity contribution >= 4 is 23.3 Å². The average Bonchev–Trinajstić information content (AvgIpc) is 2.76. The maximum Gasteiger partial charge on any atom is 0.340 e. The Morgan fingerprint density at radius 2 is 2.20 bits per heavy atom. The number of hydrogen-bond acceptors (Lipinski definition) is 4. The Kier molecular flexibility index (Phi) is 4.29. The third kappa shape index (κ3) is 3.11. The van der Waals surface area contributed by atoms with E-state index in [1.165, 1.54) is 6.07 Å². The zero-order chi connectivity index (χ0) is 14.7. The quantitative estimate of drug-likeness (QED) is 0.695. The van der Waals surface area contributed by atoms with Crippen LogP contribution in [0, 0.1) is 0 Å². The van der Waals surface area contributed by atoms with Crippen molar-refractivity contribution in [2.24, 2.45) is 7.05 Å². The number of rotatable bonds is 4. The number of carbonyl (C=O) groups excluding carboxylic acids is 1. The molecule has 0 amide bonds. The number of nitrogens with two attached hydrogens (primary N) is 1. The molecule has 2 aromatic rings. The Balaban J connectivity index is 2.06. The van der Waals surface area contributed by atoms with Crippen LogP contribution in [0.4, 0.5) is 5.69 Å². The number of nitrogen functional groups attached to an aromatic ring is 1. The minimum atomic E-state index is -0.478. The van der Waals surface area contributed by atoms with Crippen molar-refractivity contribution in [2.75, 3.05) is 5.73 Å². The highest BCUT2D eigenvalue weighted by Crippen LogP contribution is 2.20. The maximum atomic E-state index is 12.0. The van der Waals surface area contributed by atoms with E-state index >= 15 is 0 Å². The van der Waals surface area contributed by atoms with E-state index in [0.717, 1.165) is 17.8 Å². The molecule has 0 fully saturated rings. The van der Waals surface area contributed by atoms with Gasteiger partial charge in [-0.25, -0.2) is 4.79 Å². The van der Waals surface area contributed by atoms with Gasteiger partial charge in [0, 0.05) is 12.7 Å². The first kappa shape index (κ1) is 14.4. The number of hydrogen-bond donors (Lipinski definition) is 1. The van der Waals surface area contributed by atoms with Gasteiger partial charge in [0.05, 0.1) is 22.0 Å². The molecule has 1 aromatic heterocycles. The van der Waals surface area contributed by atoms with Gasteiger partial charge in [-0.2, -0.15) is 5.10 Å². The van der Waals surface area contributed by atoms with Crippen LogP contribution in [0.15, 0.2) is 24.3 Å². The van der Waals surface area contributed by atoms with Crippen molar-refractivity contribution in [1.82, 2.24) is 9.78 Å². The first-order chi connectivity index (χ1) is 9.51. The normalized spacial score (nSPS) is 10.6. The number of esters is 1. The van der Waals surface area contributed by atoms with Crippen LogP contribution in [-0.4, -0.2) is 15.7 Å². The van der Waals surface area contributed by atoms with Crippen molar-refractivity contribution in [2.45, 2.75) is 20.0 Å². The second-order valence-electron chi connectivity index (χ2n) is 4.42. The van der Waals surface area contributed by atoms with Gasteiger partial charge >= 0.3 is 5.97 Å². The molecule has 0 aliphatic rings. The van der Waals surface area contributed by atoms with Gasteiger partial charge in [-0.1, -0.05) is 18.5 Å². The molecule has 106 valence electrons. The van der Waals surface area contributed by atoms with Gasteiger partial charge in [0.25, 0.3) is 0 Å². The topological polar surface area (TPSA) is 70.1 Å². The third-order valence-electron chi connectivity index (χ3n) is 2.95. The average molecular weight is 294 g/mol. The SMILES string of the molecule is CCc1cc(COC(=O)c2ccc(N)cc2Cl)n(C)n1. The largest absolute Gasteiger partial charge is 0.456 e. The van der Waals surface area contributed by atoms with Crippen LogP contribution >= 0.6 is 11.6 Å². The van der Waals surface area contributed by atoms with Gasteiger partial charge in [-0.15, -0.1) is 0 Å². The predicted octanol–water partition coefficient (Wildman–Crippen LogP) is 2.58. The highest BCUT2D eigenvalue weighted by atomic mass is 35.5. The monoisotopic (exact) mass is 293 g/mol. The first-order valence-electron chi connectivity index (χ1n) is 6.25. The van der Waals surface area contributed by atoms with E-state index < -0.39 is 5.97 Å². The van der Waals surface area contributed by atoms with Gasteiger partial charge in [-0.05, 0) is 30.7 Å². The van der Waals surface area contributed by atoms with E-state index in [9.17, 15) is 4.79 Å². The lowest BCUT2D eigenvalue weighted by Gasteiger charge is -2.07. The zero-order valence-corrected chi connectivity index (χ0v) is 12.1. The lowest BCUT2D eigenvalue weighted by Crippen LogP contribution is -2.08. The molecule has 0 unspecified atom stereocenters. The van der Waals surface area contributed by atoms with Crippen molar-refractivity contribution in [1.29, 1.82) is 0 Å². The number of benzene rings is 1. The van der Waals surface area contributed by atoms with Gasteiger partial charge in [-0.3, -0.25) is 4.68 Å². The Labute approximate surface area is 122 Å². The predicted molar refractivity (Wildman–Crippen MR) is 77.6 cm³/mol. The highest BCUT2D eigenvalue weighted by molar-refractivity contribution is 6.33. The second-order valence-corrected chi connectivity index (χ2v) is 4.83. The fraction of sp³-hybridized carbons (Fsp3) is 0.286. The van der Waals surface area contributed by atoms with E-state index in [4.69, 9.17) is 22.1 Å². The van der Waals surface area contributed by atoms with E-state index in [0.29, 0.717) is 11.3 Å². The molecule has 0 aliphatic heterocycles. The molecule has 0 bridgehead atoms. The molecule has 6 heteroatoms. The van der Waals surface area contributed by atoms with Crippen molar-refractivity contribution < 1.29 is 9.53 Å². The van der Waals surface area contributed by atoms with Crippen LogP contribution in [0.1, 0.15) is 28.7 Å². The maximum absolute atomic E-state index is 12.0. The molecule has 0 spiro atoms. The third-order valence-corrected chi connectivity index (χ3v) is 3.27. The van der Waals surface area contributed by atoms with E-state index in [1.54, 1.807) is 16.8 Å². The van der Waals surface area contributed by atoms with Crippen LogP contribution in [0.5, 0.6) is 0 Å². The standard InChI is InChI=1S/C14H16ClN3O2/c1-3-10-7-11(18(2)17-10)8-20-14(19)12-5-4-9(16)6-13(12)15/h4-7H,3,8,16H2,1-2H3. The van der Waals surface area contributed by atoms with Crippen LogP contribution in [0.25, 0.3) is 0 Å². The summed E-state index contributed by atoms with van der Waals surface area (Å²) in [6, 6.07) is 6.61. The summed E-state index contributed by atoms with van der Waals surface area (Å²) < 4.78 is 6.95. The van der Waals surface area contributed by atoms with Gasteiger partial charge in [0.2, 0.25) is 0 Å². The smallest absolute Gasteiger partial charge is 0.340 e. The Morgan fingerprint density at radius 3 is 2.80 bits per heavy atom. The summed E-state index contributed by atoms with van der Waals surface area (Å²) in [4.78, 5) is 12.0. The van der Waals surface area contributed by atoms with E-state index in [1.807, 2.05) is 20.0 Å². The molecular weight excluding hydrogens is 278 g/mol. The number of ether oxygens (including phenoxy) is 1.